The zero-order chi connectivity index (χ0) is 8.98. The topological polar surface area (TPSA) is 0 Å². The van der Waals surface area contributed by atoms with Gasteiger partial charge in [-0.3, -0.25) is 0 Å². The Kier molecular flexibility index (Phi) is 1.63. The molecule has 0 N–H and O–H groups in total. The van der Waals surface area contributed by atoms with Crippen molar-refractivity contribution in [3.8, 4) is 0 Å². The van der Waals surface area contributed by atoms with E-state index in [4.69, 9.17) is 0 Å². The highest BCUT2D eigenvalue weighted by Crippen LogP contribution is 2.77. The van der Waals surface area contributed by atoms with Crippen molar-refractivity contribution in [2.45, 2.75) is 53.4 Å². The fourth-order valence-corrected chi connectivity index (χ4v) is 3.98. The Morgan fingerprint density at radius 2 is 1.83 bits per heavy atom. The van der Waals surface area contributed by atoms with Crippen LogP contribution in [-0.4, -0.2) is 0 Å². The molecule has 0 saturated heterocycles. The molecule has 0 spiro atoms. The number of hydrogen-bond donors (Lipinski definition) is 0. The summed E-state index contributed by atoms with van der Waals surface area (Å²) in [6.07, 6.45) is 5.97. The van der Waals surface area contributed by atoms with E-state index in [2.05, 4.69) is 27.7 Å². The van der Waals surface area contributed by atoms with Crippen LogP contribution in [0.15, 0.2) is 0 Å². The molecule has 3 unspecified atom stereocenters. The smallest absolute Gasteiger partial charge is 0.0212 e. The van der Waals surface area contributed by atoms with Crippen LogP contribution in [0, 0.1) is 22.7 Å². The Balaban J connectivity index is 2.21. The lowest BCUT2D eigenvalue weighted by atomic mass is 9.83. The molecule has 2 aliphatic rings. The molecule has 70 valence electrons. The molecule has 0 bridgehead atoms. The molecule has 0 radical (unpaired) electrons. The predicted octanol–water partition coefficient (Wildman–Crippen LogP) is 3.86. The fraction of sp³-hybridized carbons (Fsp3) is 1.00. The Bertz CT molecular complexity index is 194. The van der Waals surface area contributed by atoms with E-state index in [1.165, 1.54) is 25.7 Å². The lowest BCUT2D eigenvalue weighted by Crippen LogP contribution is -2.13. The zero-order valence-corrected chi connectivity index (χ0v) is 8.98. The van der Waals surface area contributed by atoms with Gasteiger partial charge in [0.2, 0.25) is 0 Å². The van der Waals surface area contributed by atoms with Crippen LogP contribution in [0.4, 0.5) is 0 Å². The van der Waals surface area contributed by atoms with Crippen molar-refractivity contribution in [3.05, 3.63) is 0 Å². The first-order chi connectivity index (χ1) is 5.53. The number of hydrogen-bond acceptors (Lipinski definition) is 0. The Hall–Kier alpha value is 0. The maximum absolute atomic E-state index is 2.52. The van der Waals surface area contributed by atoms with Gasteiger partial charge < -0.3 is 0 Å². The highest BCUT2D eigenvalue weighted by molar-refractivity contribution is 5.18. The van der Waals surface area contributed by atoms with E-state index in [0.717, 1.165) is 17.3 Å². The highest BCUT2D eigenvalue weighted by Gasteiger charge is 2.70. The maximum Gasteiger partial charge on any atom is -0.0212 e. The van der Waals surface area contributed by atoms with E-state index in [9.17, 15) is 0 Å². The molecule has 2 saturated carbocycles. The van der Waals surface area contributed by atoms with Crippen molar-refractivity contribution in [1.29, 1.82) is 0 Å². The van der Waals surface area contributed by atoms with E-state index in [1.54, 1.807) is 0 Å². The van der Waals surface area contributed by atoms with Crippen molar-refractivity contribution in [2.75, 3.05) is 0 Å². The molecule has 0 amide bonds. The zero-order valence-electron chi connectivity index (χ0n) is 8.98. The molecule has 2 fully saturated rings. The van der Waals surface area contributed by atoms with Crippen molar-refractivity contribution in [3.63, 3.8) is 0 Å². The van der Waals surface area contributed by atoms with Crippen LogP contribution in [-0.2, 0) is 0 Å². The molecule has 0 aliphatic heterocycles. The van der Waals surface area contributed by atoms with Crippen LogP contribution in [0.5, 0.6) is 0 Å². The third kappa shape index (κ3) is 0.744. The van der Waals surface area contributed by atoms with Crippen LogP contribution < -0.4 is 0 Å². The lowest BCUT2D eigenvalue weighted by molar-refractivity contribution is 0.277. The summed E-state index contributed by atoms with van der Waals surface area (Å²) in [6.45, 7) is 9.86. The van der Waals surface area contributed by atoms with Crippen molar-refractivity contribution in [2.24, 2.45) is 22.7 Å². The number of rotatable bonds is 1. The molecular weight excluding hydrogens is 144 g/mol. The van der Waals surface area contributed by atoms with Gasteiger partial charge in [-0.2, -0.15) is 0 Å². The number of fused-ring (bicyclic) bond motifs is 1. The van der Waals surface area contributed by atoms with E-state index in [1.807, 2.05) is 0 Å². The second-order valence-corrected chi connectivity index (χ2v) is 5.65. The van der Waals surface area contributed by atoms with E-state index >= 15 is 0 Å². The summed E-state index contributed by atoms with van der Waals surface area (Å²) >= 11 is 0. The van der Waals surface area contributed by atoms with E-state index < -0.39 is 0 Å². The van der Waals surface area contributed by atoms with Crippen LogP contribution >= 0.6 is 0 Å². The molecule has 2 rings (SSSR count). The van der Waals surface area contributed by atoms with Crippen molar-refractivity contribution >= 4 is 0 Å². The molecule has 0 heteroatoms. The predicted molar refractivity (Wildman–Crippen MR) is 53.0 cm³/mol. The largest absolute Gasteiger partial charge is 0.0622 e. The monoisotopic (exact) mass is 166 g/mol. The molecule has 0 aromatic carbocycles. The maximum atomic E-state index is 2.52. The normalized spacial score (nSPS) is 52.2. The summed E-state index contributed by atoms with van der Waals surface area (Å²) in [5.74, 6) is 1.93. The first kappa shape index (κ1) is 8.59. The van der Waals surface area contributed by atoms with Gasteiger partial charge >= 0.3 is 0 Å². The van der Waals surface area contributed by atoms with Gasteiger partial charge in [-0.1, -0.05) is 40.5 Å². The highest BCUT2D eigenvalue weighted by atomic mass is 14.7. The standard InChI is InChI=1S/C12H22/c1-9(2)12(4)10-7-5-6-8-11(10,12)3/h9-10H,5-8H2,1-4H3. The summed E-state index contributed by atoms with van der Waals surface area (Å²) in [5.41, 5.74) is 1.41. The molecule has 2 aliphatic carbocycles. The van der Waals surface area contributed by atoms with Gasteiger partial charge in [0.05, 0.1) is 0 Å². The van der Waals surface area contributed by atoms with Crippen LogP contribution in [0.25, 0.3) is 0 Å². The Labute approximate surface area is 76.7 Å². The average Bonchev–Trinajstić information content (AvgIpc) is 2.52. The van der Waals surface area contributed by atoms with Crippen molar-refractivity contribution in [1.82, 2.24) is 0 Å². The third-order valence-corrected chi connectivity index (χ3v) is 5.28. The quantitative estimate of drug-likeness (QED) is 0.555. The molecule has 0 aromatic heterocycles. The minimum atomic E-state index is 0.684. The van der Waals surface area contributed by atoms with Gasteiger partial charge in [0.15, 0.2) is 0 Å². The lowest BCUT2D eigenvalue weighted by Gasteiger charge is -2.22. The van der Waals surface area contributed by atoms with Crippen LogP contribution in [0.2, 0.25) is 0 Å². The second-order valence-electron chi connectivity index (χ2n) is 5.65. The van der Waals surface area contributed by atoms with Crippen LogP contribution in [0.3, 0.4) is 0 Å². The Morgan fingerprint density at radius 3 is 2.25 bits per heavy atom. The van der Waals surface area contributed by atoms with Gasteiger partial charge in [-0.05, 0) is 35.5 Å². The third-order valence-electron chi connectivity index (χ3n) is 5.28. The van der Waals surface area contributed by atoms with Crippen LogP contribution in [0.1, 0.15) is 53.4 Å². The molecule has 0 heterocycles. The first-order valence-corrected chi connectivity index (χ1v) is 5.53. The van der Waals surface area contributed by atoms with Gasteiger partial charge in [0.1, 0.15) is 0 Å². The average molecular weight is 166 g/mol. The van der Waals surface area contributed by atoms with Gasteiger partial charge in [0.25, 0.3) is 0 Å². The van der Waals surface area contributed by atoms with Gasteiger partial charge in [0, 0.05) is 0 Å². The van der Waals surface area contributed by atoms with E-state index in [0.29, 0.717) is 5.41 Å². The molecule has 3 atom stereocenters. The van der Waals surface area contributed by atoms with E-state index in [-0.39, 0.29) is 0 Å². The van der Waals surface area contributed by atoms with Crippen molar-refractivity contribution < 1.29 is 0 Å². The molecule has 12 heavy (non-hydrogen) atoms. The summed E-state index contributed by atoms with van der Waals surface area (Å²) in [6, 6.07) is 0. The fourth-order valence-electron chi connectivity index (χ4n) is 3.98. The molecular formula is C12H22. The minimum Gasteiger partial charge on any atom is -0.0622 e. The SMILES string of the molecule is CC(C)C1(C)C2CCCCC21C. The Morgan fingerprint density at radius 1 is 1.17 bits per heavy atom. The first-order valence-electron chi connectivity index (χ1n) is 5.53. The second kappa shape index (κ2) is 2.27. The summed E-state index contributed by atoms with van der Waals surface area (Å²) in [4.78, 5) is 0. The van der Waals surface area contributed by atoms with Gasteiger partial charge in [-0.25, -0.2) is 0 Å². The molecule has 0 nitrogen and oxygen atoms in total. The minimum absolute atomic E-state index is 0.684. The summed E-state index contributed by atoms with van der Waals surface area (Å²) < 4.78 is 0. The molecule has 0 aromatic rings. The summed E-state index contributed by atoms with van der Waals surface area (Å²) in [5, 5.41) is 0. The van der Waals surface area contributed by atoms with Gasteiger partial charge in [-0.15, -0.1) is 0 Å². The summed E-state index contributed by atoms with van der Waals surface area (Å²) in [7, 11) is 0.